The topological polar surface area (TPSA) is 30.9 Å². The van der Waals surface area contributed by atoms with Gasteiger partial charge in [-0.1, -0.05) is 6.08 Å². The number of anilines is 1. The zero-order valence-electron chi connectivity index (χ0n) is 13.0. The Kier molecular flexibility index (Phi) is 8.22. The average molecular weight is 418 g/mol. The summed E-state index contributed by atoms with van der Waals surface area (Å²) >= 11 is 0. The quantitative estimate of drug-likeness (QED) is 0.353. The molecule has 1 N–H and O–H groups in total. The van der Waals surface area contributed by atoms with Crippen molar-refractivity contribution >= 4 is 35.6 Å². The summed E-state index contributed by atoms with van der Waals surface area (Å²) in [5.74, 6) is 0.750. The SMILES string of the molecule is C=CCN=C(NCC)N1CCN(c2ccc(F)cc2)CC1.I. The third-order valence-electron chi connectivity index (χ3n) is 3.48. The van der Waals surface area contributed by atoms with Crippen LogP contribution in [0.15, 0.2) is 41.9 Å². The molecule has 0 radical (unpaired) electrons. The molecule has 2 rings (SSSR count). The van der Waals surface area contributed by atoms with Crippen molar-refractivity contribution in [2.24, 2.45) is 4.99 Å². The van der Waals surface area contributed by atoms with Crippen molar-refractivity contribution in [1.29, 1.82) is 0 Å². The van der Waals surface area contributed by atoms with Crippen LogP contribution in [-0.4, -0.2) is 50.1 Å². The van der Waals surface area contributed by atoms with Gasteiger partial charge >= 0.3 is 0 Å². The van der Waals surface area contributed by atoms with Gasteiger partial charge in [-0.05, 0) is 31.2 Å². The fourth-order valence-corrected chi connectivity index (χ4v) is 2.41. The van der Waals surface area contributed by atoms with Gasteiger partial charge in [0, 0.05) is 38.4 Å². The Bertz CT molecular complexity index is 481. The minimum atomic E-state index is -0.191. The molecule has 0 unspecified atom stereocenters. The minimum Gasteiger partial charge on any atom is -0.368 e. The third-order valence-corrected chi connectivity index (χ3v) is 3.48. The first-order valence-corrected chi connectivity index (χ1v) is 7.39. The van der Waals surface area contributed by atoms with Crippen LogP contribution in [0.3, 0.4) is 0 Å². The molecule has 0 aromatic heterocycles. The van der Waals surface area contributed by atoms with Crippen molar-refractivity contribution in [3.8, 4) is 0 Å². The molecule has 0 spiro atoms. The molecule has 1 aromatic carbocycles. The largest absolute Gasteiger partial charge is 0.368 e. The van der Waals surface area contributed by atoms with Gasteiger partial charge in [0.2, 0.25) is 0 Å². The fraction of sp³-hybridized carbons (Fsp3) is 0.438. The van der Waals surface area contributed by atoms with E-state index in [0.29, 0.717) is 6.54 Å². The number of nitrogens with one attached hydrogen (secondary N) is 1. The molecule has 1 aliphatic heterocycles. The number of guanidine groups is 1. The molecule has 1 heterocycles. The molecular weight excluding hydrogens is 394 g/mol. The van der Waals surface area contributed by atoms with Crippen LogP contribution in [0, 0.1) is 5.82 Å². The summed E-state index contributed by atoms with van der Waals surface area (Å²) in [6, 6.07) is 6.69. The summed E-state index contributed by atoms with van der Waals surface area (Å²) in [6.45, 7) is 10.9. The van der Waals surface area contributed by atoms with Crippen molar-refractivity contribution in [3.05, 3.63) is 42.7 Å². The molecule has 1 saturated heterocycles. The number of benzene rings is 1. The predicted molar refractivity (Wildman–Crippen MR) is 102 cm³/mol. The lowest BCUT2D eigenvalue weighted by Crippen LogP contribution is -2.52. The van der Waals surface area contributed by atoms with E-state index in [4.69, 9.17) is 0 Å². The van der Waals surface area contributed by atoms with E-state index in [0.717, 1.165) is 44.4 Å². The molecule has 1 aliphatic rings. The Hall–Kier alpha value is -1.31. The fourth-order valence-electron chi connectivity index (χ4n) is 2.41. The Balaban J connectivity index is 0.00000242. The second kappa shape index (κ2) is 9.66. The monoisotopic (exact) mass is 418 g/mol. The van der Waals surface area contributed by atoms with Gasteiger partial charge in [-0.15, -0.1) is 30.6 Å². The normalized spacial score (nSPS) is 15.3. The van der Waals surface area contributed by atoms with Crippen LogP contribution in [-0.2, 0) is 0 Å². The first-order valence-electron chi connectivity index (χ1n) is 7.39. The summed E-state index contributed by atoms with van der Waals surface area (Å²) in [7, 11) is 0. The highest BCUT2D eigenvalue weighted by Crippen LogP contribution is 2.16. The van der Waals surface area contributed by atoms with Crippen LogP contribution >= 0.6 is 24.0 Å². The summed E-state index contributed by atoms with van der Waals surface area (Å²) in [5.41, 5.74) is 1.07. The smallest absolute Gasteiger partial charge is 0.194 e. The van der Waals surface area contributed by atoms with E-state index >= 15 is 0 Å². The molecule has 0 bridgehead atoms. The lowest BCUT2D eigenvalue weighted by Gasteiger charge is -2.37. The number of nitrogens with zero attached hydrogens (tertiary/aromatic N) is 3. The Morgan fingerprint density at radius 2 is 1.91 bits per heavy atom. The van der Waals surface area contributed by atoms with Gasteiger partial charge in [-0.25, -0.2) is 9.38 Å². The predicted octanol–water partition coefficient (Wildman–Crippen LogP) is 2.72. The van der Waals surface area contributed by atoms with E-state index in [1.807, 2.05) is 12.1 Å². The number of piperazine rings is 1. The lowest BCUT2D eigenvalue weighted by molar-refractivity contribution is 0.373. The van der Waals surface area contributed by atoms with Gasteiger partial charge in [-0.2, -0.15) is 0 Å². The molecule has 22 heavy (non-hydrogen) atoms. The average Bonchev–Trinajstić information content (AvgIpc) is 2.52. The van der Waals surface area contributed by atoms with Crippen molar-refractivity contribution < 1.29 is 4.39 Å². The van der Waals surface area contributed by atoms with Gasteiger partial charge in [0.1, 0.15) is 5.82 Å². The van der Waals surface area contributed by atoms with Gasteiger partial charge in [0.05, 0.1) is 6.54 Å². The Morgan fingerprint density at radius 3 is 2.45 bits per heavy atom. The number of hydrogen-bond acceptors (Lipinski definition) is 2. The van der Waals surface area contributed by atoms with Crippen LogP contribution < -0.4 is 10.2 Å². The molecule has 0 amide bonds. The highest BCUT2D eigenvalue weighted by Gasteiger charge is 2.19. The van der Waals surface area contributed by atoms with Crippen LogP contribution in [0.2, 0.25) is 0 Å². The van der Waals surface area contributed by atoms with Crippen LogP contribution in [0.4, 0.5) is 10.1 Å². The maximum absolute atomic E-state index is 13.0. The molecule has 0 atom stereocenters. The summed E-state index contributed by atoms with van der Waals surface area (Å²) in [5, 5.41) is 3.31. The molecule has 1 fully saturated rings. The van der Waals surface area contributed by atoms with Crippen LogP contribution in [0.25, 0.3) is 0 Å². The summed E-state index contributed by atoms with van der Waals surface area (Å²) < 4.78 is 13.0. The molecule has 4 nitrogen and oxygen atoms in total. The Labute approximate surface area is 149 Å². The van der Waals surface area contributed by atoms with E-state index < -0.39 is 0 Å². The summed E-state index contributed by atoms with van der Waals surface area (Å²) in [6.07, 6.45) is 1.80. The number of rotatable bonds is 4. The van der Waals surface area contributed by atoms with E-state index in [-0.39, 0.29) is 29.8 Å². The van der Waals surface area contributed by atoms with Crippen LogP contribution in [0.1, 0.15) is 6.92 Å². The van der Waals surface area contributed by atoms with E-state index in [1.165, 1.54) is 12.1 Å². The van der Waals surface area contributed by atoms with Crippen molar-refractivity contribution in [3.63, 3.8) is 0 Å². The van der Waals surface area contributed by atoms with Crippen molar-refractivity contribution in [1.82, 2.24) is 10.2 Å². The van der Waals surface area contributed by atoms with Gasteiger partial charge in [-0.3, -0.25) is 0 Å². The first kappa shape index (κ1) is 18.7. The van der Waals surface area contributed by atoms with E-state index in [9.17, 15) is 4.39 Å². The maximum Gasteiger partial charge on any atom is 0.194 e. The second-order valence-corrected chi connectivity index (χ2v) is 4.93. The van der Waals surface area contributed by atoms with Crippen molar-refractivity contribution in [2.45, 2.75) is 6.92 Å². The zero-order chi connectivity index (χ0) is 15.1. The molecule has 0 aliphatic carbocycles. The molecule has 1 aromatic rings. The molecule has 0 saturated carbocycles. The first-order chi connectivity index (χ1) is 10.2. The molecular formula is C16H24FIN4. The zero-order valence-corrected chi connectivity index (χ0v) is 15.3. The van der Waals surface area contributed by atoms with Gasteiger partial charge < -0.3 is 15.1 Å². The van der Waals surface area contributed by atoms with Crippen molar-refractivity contribution in [2.75, 3.05) is 44.2 Å². The molecule has 6 heteroatoms. The number of hydrogen-bond donors (Lipinski definition) is 1. The highest BCUT2D eigenvalue weighted by atomic mass is 127. The summed E-state index contributed by atoms with van der Waals surface area (Å²) in [4.78, 5) is 9.04. The Morgan fingerprint density at radius 1 is 1.27 bits per heavy atom. The van der Waals surface area contributed by atoms with Gasteiger partial charge in [0.15, 0.2) is 5.96 Å². The molecule has 122 valence electrons. The van der Waals surface area contributed by atoms with Gasteiger partial charge in [0.25, 0.3) is 0 Å². The van der Waals surface area contributed by atoms with E-state index in [1.54, 1.807) is 6.08 Å². The number of aliphatic imine (C=N–C) groups is 1. The highest BCUT2D eigenvalue weighted by molar-refractivity contribution is 14.0. The minimum absolute atomic E-state index is 0. The third kappa shape index (κ3) is 5.15. The second-order valence-electron chi connectivity index (χ2n) is 4.93. The van der Waals surface area contributed by atoms with E-state index in [2.05, 4.69) is 33.6 Å². The lowest BCUT2D eigenvalue weighted by atomic mass is 10.2. The number of halogens is 2. The maximum atomic E-state index is 13.0. The standard InChI is InChI=1S/C16H23FN4.HI/c1-3-9-19-16(18-4-2)21-12-10-20(11-13-21)15-7-5-14(17)6-8-15;/h3,5-8H,1,4,9-13H2,2H3,(H,18,19);1H. The van der Waals surface area contributed by atoms with Crippen LogP contribution in [0.5, 0.6) is 0 Å².